The lowest BCUT2D eigenvalue weighted by atomic mass is 9.87. The maximum atomic E-state index is 12.4. The van der Waals surface area contributed by atoms with Crippen LogP contribution in [-0.2, 0) is 6.42 Å². The van der Waals surface area contributed by atoms with E-state index >= 15 is 0 Å². The second kappa shape index (κ2) is 5.87. The Morgan fingerprint density at radius 2 is 2.14 bits per heavy atom. The number of benzene rings is 1. The molecule has 22 heavy (non-hydrogen) atoms. The van der Waals surface area contributed by atoms with E-state index < -0.39 is 5.63 Å². The quantitative estimate of drug-likeness (QED) is 0.829. The van der Waals surface area contributed by atoms with E-state index in [9.17, 15) is 9.90 Å². The molecule has 0 saturated heterocycles. The highest BCUT2D eigenvalue weighted by Gasteiger charge is 2.37. The molecule has 1 aliphatic rings. The molecule has 0 amide bonds. The van der Waals surface area contributed by atoms with Crippen LogP contribution in [0.1, 0.15) is 49.0 Å². The van der Waals surface area contributed by atoms with Crippen LogP contribution in [0.25, 0.3) is 0 Å². The first-order valence-corrected chi connectivity index (χ1v) is 7.81. The third kappa shape index (κ3) is 2.86. The smallest absolute Gasteiger partial charge is 0.343 e. The van der Waals surface area contributed by atoms with Crippen molar-refractivity contribution < 1.29 is 9.52 Å². The van der Waals surface area contributed by atoms with Crippen LogP contribution in [0.3, 0.4) is 0 Å². The van der Waals surface area contributed by atoms with Gasteiger partial charge < -0.3 is 15.3 Å². The number of anilines is 1. The third-order valence-electron chi connectivity index (χ3n) is 4.19. The number of nitrogens with two attached hydrogens (primary N) is 1. The van der Waals surface area contributed by atoms with Crippen molar-refractivity contribution >= 4 is 5.69 Å². The van der Waals surface area contributed by atoms with Crippen LogP contribution in [0, 0.1) is 5.92 Å². The second-order valence-electron chi connectivity index (χ2n) is 6.03. The summed E-state index contributed by atoms with van der Waals surface area (Å²) in [6, 6.07) is 9.12. The molecule has 4 nitrogen and oxygen atoms in total. The fourth-order valence-electron chi connectivity index (χ4n) is 3.05. The lowest BCUT2D eigenvalue weighted by Crippen LogP contribution is -2.16. The normalized spacial score (nSPS) is 15.7. The van der Waals surface area contributed by atoms with E-state index in [1.165, 1.54) is 0 Å². The SMILES string of the molecule is CCCc1cc(O)c(C(c2cccc(N)c2)C2CC2)c(=O)o1. The van der Waals surface area contributed by atoms with E-state index in [-0.39, 0.29) is 11.7 Å². The van der Waals surface area contributed by atoms with Gasteiger partial charge in [-0.25, -0.2) is 4.79 Å². The summed E-state index contributed by atoms with van der Waals surface area (Å²) in [5.41, 5.74) is 7.44. The van der Waals surface area contributed by atoms with Gasteiger partial charge in [0.25, 0.3) is 0 Å². The predicted molar refractivity (Wildman–Crippen MR) is 86.1 cm³/mol. The summed E-state index contributed by atoms with van der Waals surface area (Å²) < 4.78 is 5.39. The predicted octanol–water partition coefficient (Wildman–Crippen LogP) is 3.42. The summed E-state index contributed by atoms with van der Waals surface area (Å²) in [6.07, 6.45) is 3.61. The third-order valence-corrected chi connectivity index (χ3v) is 4.19. The number of aryl methyl sites for hydroxylation is 1. The molecule has 3 rings (SSSR count). The Morgan fingerprint density at radius 3 is 2.73 bits per heavy atom. The Labute approximate surface area is 129 Å². The highest BCUT2D eigenvalue weighted by Crippen LogP contribution is 2.47. The highest BCUT2D eigenvalue weighted by atomic mass is 16.4. The number of rotatable bonds is 5. The first-order valence-electron chi connectivity index (χ1n) is 7.81. The van der Waals surface area contributed by atoms with Crippen LogP contribution < -0.4 is 11.4 Å². The zero-order valence-corrected chi connectivity index (χ0v) is 12.7. The minimum Gasteiger partial charge on any atom is -0.507 e. The van der Waals surface area contributed by atoms with Gasteiger partial charge in [0.05, 0.1) is 5.56 Å². The molecule has 0 aliphatic heterocycles. The summed E-state index contributed by atoms with van der Waals surface area (Å²) in [5.74, 6) is 0.804. The van der Waals surface area contributed by atoms with Crippen molar-refractivity contribution in [2.24, 2.45) is 5.92 Å². The van der Waals surface area contributed by atoms with E-state index in [0.717, 1.165) is 24.8 Å². The van der Waals surface area contributed by atoms with Gasteiger partial charge in [-0.05, 0) is 42.9 Å². The lowest BCUT2D eigenvalue weighted by molar-refractivity contribution is 0.403. The van der Waals surface area contributed by atoms with Crippen molar-refractivity contribution in [2.45, 2.75) is 38.5 Å². The minimum absolute atomic E-state index is 0.0408. The summed E-state index contributed by atoms with van der Waals surface area (Å²) in [4.78, 5) is 12.4. The Morgan fingerprint density at radius 1 is 1.36 bits per heavy atom. The van der Waals surface area contributed by atoms with E-state index in [0.29, 0.717) is 29.3 Å². The van der Waals surface area contributed by atoms with Gasteiger partial charge in [0.1, 0.15) is 11.5 Å². The molecule has 2 aromatic rings. The molecule has 1 aromatic carbocycles. The molecular formula is C18H21NO3. The van der Waals surface area contributed by atoms with Crippen LogP contribution in [0.15, 0.2) is 39.5 Å². The molecule has 1 aromatic heterocycles. The lowest BCUT2D eigenvalue weighted by Gasteiger charge is -2.18. The van der Waals surface area contributed by atoms with Crippen LogP contribution in [-0.4, -0.2) is 5.11 Å². The van der Waals surface area contributed by atoms with E-state index in [2.05, 4.69) is 0 Å². The van der Waals surface area contributed by atoms with Crippen LogP contribution in [0.2, 0.25) is 0 Å². The van der Waals surface area contributed by atoms with Crippen molar-refractivity contribution in [3.63, 3.8) is 0 Å². The van der Waals surface area contributed by atoms with E-state index in [1.807, 2.05) is 31.2 Å². The minimum atomic E-state index is -0.428. The molecule has 3 N–H and O–H groups in total. The second-order valence-corrected chi connectivity index (χ2v) is 6.03. The molecule has 116 valence electrons. The molecule has 1 aliphatic carbocycles. The first-order chi connectivity index (χ1) is 10.6. The largest absolute Gasteiger partial charge is 0.507 e. The molecule has 1 fully saturated rings. The van der Waals surface area contributed by atoms with Crippen molar-refractivity contribution in [3.05, 3.63) is 57.6 Å². The van der Waals surface area contributed by atoms with Gasteiger partial charge in [-0.1, -0.05) is 19.1 Å². The molecule has 4 heteroatoms. The van der Waals surface area contributed by atoms with Crippen molar-refractivity contribution in [2.75, 3.05) is 5.73 Å². The molecule has 1 heterocycles. The zero-order valence-electron chi connectivity index (χ0n) is 12.7. The molecular weight excluding hydrogens is 278 g/mol. The Hall–Kier alpha value is -2.23. The fraction of sp³-hybridized carbons (Fsp3) is 0.389. The van der Waals surface area contributed by atoms with Gasteiger partial charge in [0.15, 0.2) is 0 Å². The molecule has 0 radical (unpaired) electrons. The molecule has 1 atom stereocenters. The Kier molecular flexibility index (Phi) is 3.92. The monoisotopic (exact) mass is 299 g/mol. The van der Waals surface area contributed by atoms with Gasteiger partial charge in [0, 0.05) is 24.1 Å². The van der Waals surface area contributed by atoms with Gasteiger partial charge in [-0.15, -0.1) is 0 Å². The number of aromatic hydroxyl groups is 1. The first kappa shape index (κ1) is 14.7. The molecule has 1 unspecified atom stereocenters. The summed E-state index contributed by atoms with van der Waals surface area (Å²) in [6.45, 7) is 2.00. The summed E-state index contributed by atoms with van der Waals surface area (Å²) in [7, 11) is 0. The van der Waals surface area contributed by atoms with E-state index in [1.54, 1.807) is 6.07 Å². The van der Waals surface area contributed by atoms with Gasteiger partial charge in [-0.3, -0.25) is 0 Å². The average molecular weight is 299 g/mol. The van der Waals surface area contributed by atoms with Gasteiger partial charge >= 0.3 is 5.63 Å². The maximum absolute atomic E-state index is 12.4. The van der Waals surface area contributed by atoms with Crippen LogP contribution in [0.5, 0.6) is 5.75 Å². The number of hydrogen-bond acceptors (Lipinski definition) is 4. The molecule has 0 spiro atoms. The van der Waals surface area contributed by atoms with E-state index in [4.69, 9.17) is 10.2 Å². The number of nitrogen functional groups attached to an aromatic ring is 1. The van der Waals surface area contributed by atoms with Crippen molar-refractivity contribution in [1.82, 2.24) is 0 Å². The topological polar surface area (TPSA) is 76.5 Å². The van der Waals surface area contributed by atoms with Crippen LogP contribution >= 0.6 is 0 Å². The fourth-order valence-corrected chi connectivity index (χ4v) is 3.05. The van der Waals surface area contributed by atoms with Crippen molar-refractivity contribution in [1.29, 1.82) is 0 Å². The van der Waals surface area contributed by atoms with Crippen molar-refractivity contribution in [3.8, 4) is 5.75 Å². The zero-order chi connectivity index (χ0) is 15.7. The standard InChI is InChI=1S/C18H21NO3/c1-2-4-14-10-15(20)17(18(21)22-14)16(11-7-8-11)12-5-3-6-13(19)9-12/h3,5-6,9-11,16,20H,2,4,7-8,19H2,1H3. The maximum Gasteiger partial charge on any atom is 0.343 e. The van der Waals surface area contributed by atoms with Crippen LogP contribution in [0.4, 0.5) is 5.69 Å². The molecule has 0 bridgehead atoms. The van der Waals surface area contributed by atoms with Gasteiger partial charge in [0.2, 0.25) is 0 Å². The summed E-state index contributed by atoms with van der Waals surface area (Å²) >= 11 is 0. The Bertz CT molecular complexity index is 731. The number of hydrogen-bond donors (Lipinski definition) is 2. The molecule has 1 saturated carbocycles. The Balaban J connectivity index is 2.08. The van der Waals surface area contributed by atoms with Gasteiger partial charge in [-0.2, -0.15) is 0 Å². The highest BCUT2D eigenvalue weighted by molar-refractivity contribution is 5.47. The average Bonchev–Trinajstić information content (AvgIpc) is 3.27. The summed E-state index contributed by atoms with van der Waals surface area (Å²) in [5, 5.41) is 10.4.